The van der Waals surface area contributed by atoms with Crippen LogP contribution in [0.3, 0.4) is 0 Å². The molecule has 3 amide bonds. The van der Waals surface area contributed by atoms with Crippen LogP contribution in [0.5, 0.6) is 0 Å². The maximum absolute atomic E-state index is 13.0. The molecule has 29 heavy (non-hydrogen) atoms. The summed E-state index contributed by atoms with van der Waals surface area (Å²) in [5.74, 6) is -2.88. The number of hydrogen-bond acceptors (Lipinski definition) is 5. The number of nitrogens with one attached hydrogen (secondary N) is 1. The zero-order valence-corrected chi connectivity index (χ0v) is 15.7. The van der Waals surface area contributed by atoms with Gasteiger partial charge in [0.15, 0.2) is 0 Å². The smallest absolute Gasteiger partial charge is 0.325 e. The molecule has 2 aromatic rings. The standard InChI is InChI=1S/C17H9BrF3N3O5/c18-11-5-4-8(6-10(11)17(19,20)21)22-13(25)7-23-15(26)9-2-1-3-12(24(28)29)14(9)16(23)27/h1-6H,7H2,(H,22,25). The van der Waals surface area contributed by atoms with Gasteiger partial charge in [0.2, 0.25) is 5.91 Å². The van der Waals surface area contributed by atoms with Crippen molar-refractivity contribution in [2.75, 3.05) is 11.9 Å². The largest absolute Gasteiger partial charge is 0.417 e. The number of fused-ring (bicyclic) bond motifs is 1. The highest BCUT2D eigenvalue weighted by Gasteiger charge is 2.41. The molecule has 0 saturated carbocycles. The van der Waals surface area contributed by atoms with Crippen molar-refractivity contribution in [1.29, 1.82) is 0 Å². The lowest BCUT2D eigenvalue weighted by atomic mass is 10.1. The third-order valence-corrected chi connectivity index (χ3v) is 4.72. The number of rotatable bonds is 4. The second-order valence-corrected chi connectivity index (χ2v) is 6.75. The molecule has 150 valence electrons. The minimum absolute atomic E-state index is 0.201. The van der Waals surface area contributed by atoms with Gasteiger partial charge in [-0.3, -0.25) is 29.4 Å². The summed E-state index contributed by atoms with van der Waals surface area (Å²) >= 11 is 2.77. The Labute approximate surface area is 168 Å². The summed E-state index contributed by atoms with van der Waals surface area (Å²) in [6.07, 6.45) is -4.67. The topological polar surface area (TPSA) is 110 Å². The van der Waals surface area contributed by atoms with E-state index >= 15 is 0 Å². The quantitative estimate of drug-likeness (QED) is 0.416. The normalized spacial score (nSPS) is 13.4. The Hall–Kier alpha value is -3.28. The fraction of sp³-hybridized carbons (Fsp3) is 0.118. The molecule has 0 aliphatic carbocycles. The molecule has 1 heterocycles. The number of benzene rings is 2. The van der Waals surface area contributed by atoms with Gasteiger partial charge in [0.1, 0.15) is 12.1 Å². The number of nitro benzene ring substituents is 1. The fourth-order valence-electron chi connectivity index (χ4n) is 2.78. The van der Waals surface area contributed by atoms with Gasteiger partial charge in [0.25, 0.3) is 17.5 Å². The van der Waals surface area contributed by atoms with Crippen LogP contribution < -0.4 is 5.32 Å². The first-order valence-electron chi connectivity index (χ1n) is 7.81. The highest BCUT2D eigenvalue weighted by molar-refractivity contribution is 9.10. The minimum atomic E-state index is -4.67. The first kappa shape index (κ1) is 20.5. The molecule has 1 N–H and O–H groups in total. The molecular formula is C17H9BrF3N3O5. The van der Waals surface area contributed by atoms with Crippen LogP contribution in [0.25, 0.3) is 0 Å². The predicted octanol–water partition coefficient (Wildman–Crippen LogP) is 3.61. The third-order valence-electron chi connectivity index (χ3n) is 4.03. The van der Waals surface area contributed by atoms with Crippen LogP contribution in [0.2, 0.25) is 0 Å². The first-order chi connectivity index (χ1) is 13.5. The van der Waals surface area contributed by atoms with Crippen molar-refractivity contribution in [3.8, 4) is 0 Å². The molecule has 0 aromatic heterocycles. The summed E-state index contributed by atoms with van der Waals surface area (Å²) in [5.41, 5.74) is -2.45. The molecular weight excluding hydrogens is 463 g/mol. The molecule has 0 saturated heterocycles. The van der Waals surface area contributed by atoms with E-state index in [4.69, 9.17) is 0 Å². The van der Waals surface area contributed by atoms with Crippen molar-refractivity contribution in [3.05, 3.63) is 67.7 Å². The van der Waals surface area contributed by atoms with E-state index < -0.39 is 52.2 Å². The average Bonchev–Trinajstić information content (AvgIpc) is 2.87. The molecule has 2 aromatic carbocycles. The number of alkyl halides is 3. The van der Waals surface area contributed by atoms with E-state index in [-0.39, 0.29) is 15.7 Å². The summed E-state index contributed by atoms with van der Waals surface area (Å²) in [4.78, 5) is 47.7. The second kappa shape index (κ2) is 7.28. The van der Waals surface area contributed by atoms with Crippen LogP contribution in [0.4, 0.5) is 24.5 Å². The van der Waals surface area contributed by atoms with E-state index in [1.165, 1.54) is 18.2 Å². The molecule has 1 aliphatic heterocycles. The highest BCUT2D eigenvalue weighted by atomic mass is 79.9. The van der Waals surface area contributed by atoms with Crippen LogP contribution >= 0.6 is 15.9 Å². The van der Waals surface area contributed by atoms with Crippen molar-refractivity contribution in [2.45, 2.75) is 6.18 Å². The molecule has 0 atom stereocenters. The molecule has 8 nitrogen and oxygen atoms in total. The van der Waals surface area contributed by atoms with Crippen molar-refractivity contribution < 1.29 is 32.5 Å². The van der Waals surface area contributed by atoms with Crippen molar-refractivity contribution in [2.24, 2.45) is 0 Å². The first-order valence-corrected chi connectivity index (χ1v) is 8.60. The molecule has 1 aliphatic rings. The van der Waals surface area contributed by atoms with Gasteiger partial charge >= 0.3 is 6.18 Å². The number of nitrogens with zero attached hydrogens (tertiary/aromatic N) is 2. The van der Waals surface area contributed by atoms with Gasteiger partial charge < -0.3 is 5.32 Å². The highest BCUT2D eigenvalue weighted by Crippen LogP contribution is 2.36. The molecule has 0 fully saturated rings. The molecule has 12 heteroatoms. The maximum atomic E-state index is 13.0. The lowest BCUT2D eigenvalue weighted by molar-refractivity contribution is -0.385. The Balaban J connectivity index is 1.80. The van der Waals surface area contributed by atoms with Crippen molar-refractivity contribution >= 4 is 45.0 Å². The Morgan fingerprint density at radius 3 is 2.48 bits per heavy atom. The lowest BCUT2D eigenvalue weighted by Gasteiger charge is -2.15. The molecule has 0 unspecified atom stereocenters. The minimum Gasteiger partial charge on any atom is -0.325 e. The van der Waals surface area contributed by atoms with E-state index in [2.05, 4.69) is 21.2 Å². The fourth-order valence-corrected chi connectivity index (χ4v) is 3.25. The van der Waals surface area contributed by atoms with E-state index in [9.17, 15) is 37.7 Å². The Bertz CT molecular complexity index is 1070. The summed E-state index contributed by atoms with van der Waals surface area (Å²) in [5, 5.41) is 13.2. The summed E-state index contributed by atoms with van der Waals surface area (Å²) in [6.45, 7) is -0.819. The SMILES string of the molecule is O=C(CN1C(=O)c2cccc([N+](=O)[O-])c2C1=O)Nc1ccc(Br)c(C(F)(F)F)c1. The number of anilines is 1. The number of amides is 3. The van der Waals surface area contributed by atoms with Gasteiger partial charge in [0.05, 0.1) is 16.1 Å². The van der Waals surface area contributed by atoms with Gasteiger partial charge in [-0.15, -0.1) is 0 Å². The maximum Gasteiger partial charge on any atom is 0.417 e. The molecule has 0 spiro atoms. The third kappa shape index (κ3) is 3.83. The number of carbonyl (C=O) groups is 3. The lowest BCUT2D eigenvalue weighted by Crippen LogP contribution is -2.37. The zero-order chi connectivity index (χ0) is 21.5. The second-order valence-electron chi connectivity index (χ2n) is 5.89. The molecule has 0 bridgehead atoms. The van der Waals surface area contributed by atoms with Gasteiger partial charge in [-0.1, -0.05) is 22.0 Å². The van der Waals surface area contributed by atoms with Crippen LogP contribution in [0.15, 0.2) is 40.9 Å². The summed E-state index contributed by atoms with van der Waals surface area (Å²) in [7, 11) is 0. The summed E-state index contributed by atoms with van der Waals surface area (Å²) in [6, 6.07) is 6.47. The van der Waals surface area contributed by atoms with Gasteiger partial charge in [-0.05, 0) is 24.3 Å². The monoisotopic (exact) mass is 471 g/mol. The van der Waals surface area contributed by atoms with Crippen molar-refractivity contribution in [3.63, 3.8) is 0 Å². The van der Waals surface area contributed by atoms with E-state index in [0.29, 0.717) is 11.0 Å². The van der Waals surface area contributed by atoms with Gasteiger partial charge in [-0.2, -0.15) is 13.2 Å². The van der Waals surface area contributed by atoms with Crippen LogP contribution in [-0.4, -0.2) is 34.1 Å². The van der Waals surface area contributed by atoms with E-state index in [0.717, 1.165) is 12.1 Å². The van der Waals surface area contributed by atoms with E-state index in [1.807, 2.05) is 0 Å². The Morgan fingerprint density at radius 1 is 1.17 bits per heavy atom. The summed E-state index contributed by atoms with van der Waals surface area (Å²) < 4.78 is 38.6. The number of halogens is 4. The number of hydrogen-bond donors (Lipinski definition) is 1. The van der Waals surface area contributed by atoms with Gasteiger partial charge in [0, 0.05) is 16.2 Å². The molecule has 0 radical (unpaired) electrons. The van der Waals surface area contributed by atoms with Crippen LogP contribution in [0.1, 0.15) is 26.3 Å². The Morgan fingerprint density at radius 2 is 1.86 bits per heavy atom. The number of nitro groups is 1. The Kier molecular flexibility index (Phi) is 5.13. The number of imide groups is 1. The van der Waals surface area contributed by atoms with E-state index in [1.54, 1.807) is 0 Å². The zero-order valence-electron chi connectivity index (χ0n) is 14.1. The van der Waals surface area contributed by atoms with Crippen molar-refractivity contribution in [1.82, 2.24) is 4.90 Å². The average molecular weight is 472 g/mol. The van der Waals surface area contributed by atoms with Crippen LogP contribution in [0, 0.1) is 10.1 Å². The molecule has 3 rings (SSSR count). The predicted molar refractivity (Wildman–Crippen MR) is 96.2 cm³/mol. The van der Waals surface area contributed by atoms with Gasteiger partial charge in [-0.25, -0.2) is 0 Å². The van der Waals surface area contributed by atoms with Crippen LogP contribution in [-0.2, 0) is 11.0 Å². The number of carbonyl (C=O) groups excluding carboxylic acids is 3.